The van der Waals surface area contributed by atoms with Gasteiger partial charge in [-0.15, -0.1) is 0 Å². The quantitative estimate of drug-likeness (QED) is 0.205. The first-order valence-electron chi connectivity index (χ1n) is 11.3. The molecule has 0 radical (unpaired) electrons. The maximum absolute atomic E-state index is 5.27. The molecule has 0 bridgehead atoms. The zero-order valence-electron chi connectivity index (χ0n) is 21.3. The van der Waals surface area contributed by atoms with Gasteiger partial charge in [0.25, 0.3) is 0 Å². The molecule has 31 heavy (non-hydrogen) atoms. The summed E-state index contributed by atoms with van der Waals surface area (Å²) in [5, 5.41) is 0. The van der Waals surface area contributed by atoms with Crippen molar-refractivity contribution in [2.75, 3.05) is 20.0 Å². The van der Waals surface area contributed by atoms with Crippen LogP contribution in [0.15, 0.2) is 0 Å². The first-order chi connectivity index (χ1) is 12.9. The summed E-state index contributed by atoms with van der Waals surface area (Å²) in [6.07, 6.45) is 5.38. The van der Waals surface area contributed by atoms with E-state index >= 15 is 0 Å². The molecule has 0 aliphatic rings. The average Bonchev–Trinajstić information content (AvgIpc) is 2.51. The predicted molar refractivity (Wildman–Crippen MR) is 143 cm³/mol. The fourth-order valence-corrected chi connectivity index (χ4v) is 1.81. The summed E-state index contributed by atoms with van der Waals surface area (Å²) < 4.78 is 20.8. The molecule has 0 saturated carbocycles. The van der Waals surface area contributed by atoms with Gasteiger partial charge in [0.1, 0.15) is 6.79 Å². The molecule has 0 fully saturated rings. The van der Waals surface area contributed by atoms with Crippen LogP contribution in [0.2, 0.25) is 0 Å². The molecule has 0 N–H and O–H groups in total. The summed E-state index contributed by atoms with van der Waals surface area (Å²) in [6, 6.07) is 0. The molecule has 0 aromatic carbocycles. The van der Waals surface area contributed by atoms with Gasteiger partial charge >= 0.3 is 0 Å². The van der Waals surface area contributed by atoms with Gasteiger partial charge in [-0.1, -0.05) is 69.2 Å². The first-order valence-corrected chi connectivity index (χ1v) is 11.3. The minimum absolute atomic E-state index is 0. The largest absolute Gasteiger partial charge is 0.376 e. The summed E-state index contributed by atoms with van der Waals surface area (Å²) in [4.78, 5) is 0. The standard InChI is InChI=1S/C9H20.C8H18O2.C7H16O2.3CH4/c1-8(2)6-5-7-9(3)4;1-7(2)9-5-6-10-8(3)4;1-6(2)8-5-9-7(3)4;;;/h8-9H,5-7H2,1-4H3;7-8H,5-6H2,1-4H3;6-7H,5H2,1-4H3;3*1H4. The third kappa shape index (κ3) is 65.2. The van der Waals surface area contributed by atoms with Crippen LogP contribution in [0.4, 0.5) is 0 Å². The Morgan fingerprint density at radius 1 is 0.419 bits per heavy atom. The van der Waals surface area contributed by atoms with Crippen LogP contribution in [0.3, 0.4) is 0 Å². The maximum Gasteiger partial charge on any atom is 0.147 e. The molecule has 4 heteroatoms. The molecule has 198 valence electrons. The van der Waals surface area contributed by atoms with Crippen molar-refractivity contribution in [3.8, 4) is 0 Å². The smallest absolute Gasteiger partial charge is 0.147 e. The van der Waals surface area contributed by atoms with E-state index < -0.39 is 0 Å². The molecular formula is C27H66O4. The highest BCUT2D eigenvalue weighted by Gasteiger charge is 1.96. The van der Waals surface area contributed by atoms with Crippen molar-refractivity contribution in [2.24, 2.45) is 11.8 Å². The van der Waals surface area contributed by atoms with Gasteiger partial charge in [0.15, 0.2) is 0 Å². The molecule has 0 aromatic rings. The van der Waals surface area contributed by atoms with Crippen molar-refractivity contribution in [3.05, 3.63) is 0 Å². The summed E-state index contributed by atoms with van der Waals surface area (Å²) in [7, 11) is 0. The molecule has 0 aromatic heterocycles. The molecule has 0 atom stereocenters. The molecule has 0 heterocycles. The van der Waals surface area contributed by atoms with Crippen LogP contribution in [0.1, 0.15) is 125 Å². The van der Waals surface area contributed by atoms with Crippen molar-refractivity contribution >= 4 is 0 Å². The van der Waals surface area contributed by atoms with Crippen LogP contribution in [0, 0.1) is 11.8 Å². The van der Waals surface area contributed by atoms with Gasteiger partial charge < -0.3 is 18.9 Å². The SMILES string of the molecule is C.C.C.CC(C)CCCC(C)C.CC(C)OCCOC(C)C.CC(C)OCOC(C)C. The normalized spacial score (nSPS) is 10.3. The second kappa shape index (κ2) is 32.0. The van der Waals surface area contributed by atoms with E-state index in [1.54, 1.807) is 0 Å². The van der Waals surface area contributed by atoms with Gasteiger partial charge in [-0.3, -0.25) is 0 Å². The monoisotopic (exact) mass is 454 g/mol. The molecule has 4 nitrogen and oxygen atoms in total. The lowest BCUT2D eigenvalue weighted by atomic mass is 10.0. The van der Waals surface area contributed by atoms with E-state index in [-0.39, 0.29) is 34.5 Å². The minimum Gasteiger partial charge on any atom is -0.376 e. The zero-order chi connectivity index (χ0) is 22.5. The Morgan fingerprint density at radius 2 is 0.677 bits per heavy atom. The Hall–Kier alpha value is -0.160. The zero-order valence-corrected chi connectivity index (χ0v) is 21.3. The molecule has 0 unspecified atom stereocenters. The minimum atomic E-state index is 0. The predicted octanol–water partition coefficient (Wildman–Crippen LogP) is 9.01. The summed E-state index contributed by atoms with van der Waals surface area (Å²) in [5.41, 5.74) is 0. The molecule has 0 aliphatic heterocycles. The second-order valence-corrected chi connectivity index (χ2v) is 9.11. The van der Waals surface area contributed by atoms with Crippen molar-refractivity contribution in [1.82, 2.24) is 0 Å². The van der Waals surface area contributed by atoms with E-state index in [2.05, 4.69) is 27.7 Å². The van der Waals surface area contributed by atoms with E-state index in [9.17, 15) is 0 Å². The number of hydrogen-bond donors (Lipinski definition) is 0. The molecule has 0 spiro atoms. The van der Waals surface area contributed by atoms with E-state index in [1.807, 2.05) is 55.4 Å². The van der Waals surface area contributed by atoms with Crippen molar-refractivity contribution < 1.29 is 18.9 Å². The molecule has 0 saturated heterocycles. The van der Waals surface area contributed by atoms with Crippen LogP contribution in [-0.4, -0.2) is 44.4 Å². The fraction of sp³-hybridized carbons (Fsp3) is 1.00. The van der Waals surface area contributed by atoms with Crippen molar-refractivity contribution in [2.45, 2.75) is 149 Å². The Bertz CT molecular complexity index is 230. The van der Waals surface area contributed by atoms with Gasteiger partial charge in [0.2, 0.25) is 0 Å². The van der Waals surface area contributed by atoms with Crippen LogP contribution in [0.5, 0.6) is 0 Å². The fourth-order valence-electron chi connectivity index (χ4n) is 1.81. The number of rotatable bonds is 13. The van der Waals surface area contributed by atoms with Crippen LogP contribution >= 0.6 is 0 Å². The van der Waals surface area contributed by atoms with Crippen LogP contribution in [-0.2, 0) is 18.9 Å². The van der Waals surface area contributed by atoms with Crippen LogP contribution < -0.4 is 0 Å². The maximum atomic E-state index is 5.27. The van der Waals surface area contributed by atoms with Crippen LogP contribution in [0.25, 0.3) is 0 Å². The van der Waals surface area contributed by atoms with Crippen molar-refractivity contribution in [3.63, 3.8) is 0 Å². The second-order valence-electron chi connectivity index (χ2n) is 9.11. The lowest BCUT2D eigenvalue weighted by molar-refractivity contribution is -0.0994. The van der Waals surface area contributed by atoms with E-state index in [0.29, 0.717) is 32.2 Å². The Balaban J connectivity index is -0.0000000722. The Morgan fingerprint density at radius 3 is 0.871 bits per heavy atom. The highest BCUT2D eigenvalue weighted by Crippen LogP contribution is 2.10. The van der Waals surface area contributed by atoms with E-state index in [0.717, 1.165) is 11.8 Å². The van der Waals surface area contributed by atoms with Gasteiger partial charge in [0, 0.05) is 0 Å². The van der Waals surface area contributed by atoms with E-state index in [1.165, 1.54) is 19.3 Å². The summed E-state index contributed by atoms with van der Waals surface area (Å²) >= 11 is 0. The lowest BCUT2D eigenvalue weighted by Crippen LogP contribution is -2.12. The Kier molecular flexibility index (Phi) is 46.0. The van der Waals surface area contributed by atoms with Gasteiger partial charge in [-0.05, 0) is 67.2 Å². The van der Waals surface area contributed by atoms with E-state index in [4.69, 9.17) is 18.9 Å². The highest BCUT2D eigenvalue weighted by atomic mass is 16.7. The molecule has 0 aliphatic carbocycles. The highest BCUT2D eigenvalue weighted by molar-refractivity contribution is 4.49. The Labute approximate surface area is 200 Å². The van der Waals surface area contributed by atoms with Crippen molar-refractivity contribution in [1.29, 1.82) is 0 Å². The van der Waals surface area contributed by atoms with Gasteiger partial charge in [-0.25, -0.2) is 0 Å². The topological polar surface area (TPSA) is 36.9 Å². The lowest BCUT2D eigenvalue weighted by Gasteiger charge is -2.09. The number of hydrogen-bond acceptors (Lipinski definition) is 4. The van der Waals surface area contributed by atoms with Gasteiger partial charge in [-0.2, -0.15) is 0 Å². The summed E-state index contributed by atoms with van der Waals surface area (Å²) in [6.45, 7) is 27.0. The third-order valence-corrected chi connectivity index (χ3v) is 3.35. The first kappa shape index (κ1) is 44.5. The molecule has 0 amide bonds. The molecular weight excluding hydrogens is 388 g/mol. The summed E-state index contributed by atoms with van der Waals surface area (Å²) in [5.74, 6) is 1.78. The third-order valence-electron chi connectivity index (χ3n) is 3.35. The van der Waals surface area contributed by atoms with Gasteiger partial charge in [0.05, 0.1) is 37.6 Å². The number of ether oxygens (including phenoxy) is 4. The average molecular weight is 455 g/mol. The molecule has 0 rings (SSSR count).